The lowest BCUT2D eigenvalue weighted by atomic mass is 10.2. The van der Waals surface area contributed by atoms with Crippen molar-refractivity contribution < 1.29 is 9.84 Å². The van der Waals surface area contributed by atoms with Gasteiger partial charge in [0, 0.05) is 29.0 Å². The summed E-state index contributed by atoms with van der Waals surface area (Å²) in [4.78, 5) is 5.17. The van der Waals surface area contributed by atoms with E-state index in [4.69, 9.17) is 4.74 Å². The van der Waals surface area contributed by atoms with Crippen molar-refractivity contribution in [3.8, 4) is 11.3 Å². The number of ether oxygens (including phenoxy) is 1. The third-order valence-electron chi connectivity index (χ3n) is 3.21. The molecule has 0 saturated carbocycles. The van der Waals surface area contributed by atoms with E-state index < -0.39 is 6.10 Å². The minimum absolute atomic E-state index is 0.285. The predicted molar refractivity (Wildman–Crippen MR) is 85.4 cm³/mol. The number of hydrogen-bond acceptors (Lipinski definition) is 5. The van der Waals surface area contributed by atoms with Gasteiger partial charge in [0.05, 0.1) is 31.6 Å². The molecule has 0 saturated heterocycles. The van der Waals surface area contributed by atoms with E-state index in [1.165, 1.54) is 0 Å². The van der Waals surface area contributed by atoms with Crippen molar-refractivity contribution in [2.45, 2.75) is 19.3 Å². The first kappa shape index (κ1) is 14.9. The summed E-state index contributed by atoms with van der Waals surface area (Å²) in [5.74, 6) is 0. The Bertz CT molecular complexity index is 683. The highest BCUT2D eigenvalue weighted by atomic mass is 32.1. The quantitative estimate of drug-likeness (QED) is 0.728. The summed E-state index contributed by atoms with van der Waals surface area (Å²) in [5, 5.41) is 16.4. The Labute approximate surface area is 132 Å². The van der Waals surface area contributed by atoms with Crippen molar-refractivity contribution in [2.24, 2.45) is 0 Å². The van der Waals surface area contributed by atoms with Gasteiger partial charge in [0.1, 0.15) is 0 Å². The molecular formula is C16H17N3O2S. The number of pyridine rings is 1. The molecule has 5 nitrogen and oxygen atoms in total. The van der Waals surface area contributed by atoms with Crippen LogP contribution in [0.25, 0.3) is 11.3 Å². The molecule has 0 bridgehead atoms. The van der Waals surface area contributed by atoms with Gasteiger partial charge in [-0.2, -0.15) is 5.10 Å². The molecule has 1 atom stereocenters. The fraction of sp³-hybridized carbons (Fsp3) is 0.250. The molecule has 0 aliphatic carbocycles. The Hall–Kier alpha value is -2.02. The number of nitrogens with zero attached hydrogens (tertiary/aromatic N) is 3. The van der Waals surface area contributed by atoms with E-state index in [9.17, 15) is 5.11 Å². The molecular weight excluding hydrogens is 298 g/mol. The molecule has 0 radical (unpaired) electrons. The van der Waals surface area contributed by atoms with Crippen molar-refractivity contribution in [3.63, 3.8) is 0 Å². The number of aromatic nitrogens is 3. The second kappa shape index (κ2) is 7.31. The molecule has 0 spiro atoms. The van der Waals surface area contributed by atoms with Crippen LogP contribution in [0.5, 0.6) is 0 Å². The average molecular weight is 315 g/mol. The Morgan fingerprint density at radius 1 is 1.18 bits per heavy atom. The van der Waals surface area contributed by atoms with Crippen LogP contribution in [-0.4, -0.2) is 32.6 Å². The topological polar surface area (TPSA) is 60.2 Å². The summed E-state index contributed by atoms with van der Waals surface area (Å²) < 4.78 is 7.33. The number of aliphatic hydroxyl groups excluding tert-OH is 1. The Balaban J connectivity index is 1.56. The fourth-order valence-corrected chi connectivity index (χ4v) is 2.83. The molecule has 1 N–H and O–H groups in total. The van der Waals surface area contributed by atoms with Crippen LogP contribution in [0.15, 0.2) is 54.3 Å². The summed E-state index contributed by atoms with van der Waals surface area (Å²) in [6.45, 7) is 1.22. The van der Waals surface area contributed by atoms with Crippen LogP contribution in [0.1, 0.15) is 4.88 Å². The van der Waals surface area contributed by atoms with Crippen LogP contribution in [0.4, 0.5) is 0 Å². The first-order valence-electron chi connectivity index (χ1n) is 7.03. The lowest BCUT2D eigenvalue weighted by Crippen LogP contribution is -2.23. The third kappa shape index (κ3) is 3.79. The molecule has 0 fully saturated rings. The van der Waals surface area contributed by atoms with Crippen LogP contribution >= 0.6 is 11.3 Å². The van der Waals surface area contributed by atoms with Crippen LogP contribution < -0.4 is 0 Å². The van der Waals surface area contributed by atoms with E-state index in [1.807, 2.05) is 35.7 Å². The van der Waals surface area contributed by atoms with Gasteiger partial charge in [0.25, 0.3) is 0 Å². The minimum Gasteiger partial charge on any atom is -0.389 e. The molecule has 0 aliphatic rings. The molecule has 3 aromatic rings. The molecule has 0 aromatic carbocycles. The zero-order valence-corrected chi connectivity index (χ0v) is 12.8. The van der Waals surface area contributed by atoms with Crippen molar-refractivity contribution in [1.82, 2.24) is 14.8 Å². The Morgan fingerprint density at radius 2 is 2.05 bits per heavy atom. The number of aliphatic hydroxyl groups is 1. The van der Waals surface area contributed by atoms with Gasteiger partial charge in [-0.15, -0.1) is 11.3 Å². The molecule has 3 rings (SSSR count). The van der Waals surface area contributed by atoms with Crippen LogP contribution in [0.2, 0.25) is 0 Å². The molecule has 1 unspecified atom stereocenters. The molecule has 0 aliphatic heterocycles. The van der Waals surface area contributed by atoms with Crippen molar-refractivity contribution in [3.05, 3.63) is 59.2 Å². The number of rotatable bonds is 7. The standard InChI is InChI=1S/C16H17N3O2S/c20-14(11-21-12-15-2-1-9-22-15)10-19-16(5-8-18-19)13-3-6-17-7-4-13/h1-9,14,20H,10-12H2. The maximum Gasteiger partial charge on any atom is 0.0969 e. The summed E-state index contributed by atoms with van der Waals surface area (Å²) in [5.41, 5.74) is 1.99. The van der Waals surface area contributed by atoms with E-state index >= 15 is 0 Å². The SMILES string of the molecule is OC(COCc1cccs1)Cn1nccc1-c1ccncc1. The van der Waals surface area contributed by atoms with Crippen molar-refractivity contribution >= 4 is 11.3 Å². The van der Waals surface area contributed by atoms with Crippen LogP contribution in [0.3, 0.4) is 0 Å². The van der Waals surface area contributed by atoms with Gasteiger partial charge in [-0.3, -0.25) is 9.67 Å². The number of thiophene rings is 1. The zero-order valence-electron chi connectivity index (χ0n) is 12.0. The second-order valence-electron chi connectivity index (χ2n) is 4.88. The van der Waals surface area contributed by atoms with Crippen molar-refractivity contribution in [1.29, 1.82) is 0 Å². The molecule has 6 heteroatoms. The summed E-state index contributed by atoms with van der Waals surface area (Å²) in [6.07, 6.45) is 4.62. The number of hydrogen-bond donors (Lipinski definition) is 1. The van der Waals surface area contributed by atoms with Gasteiger partial charge < -0.3 is 9.84 Å². The zero-order chi connectivity index (χ0) is 15.2. The van der Waals surface area contributed by atoms with E-state index in [1.54, 1.807) is 34.6 Å². The third-order valence-corrected chi connectivity index (χ3v) is 4.06. The maximum absolute atomic E-state index is 10.1. The maximum atomic E-state index is 10.1. The van der Waals surface area contributed by atoms with Gasteiger partial charge in [0.2, 0.25) is 0 Å². The Morgan fingerprint density at radius 3 is 2.82 bits per heavy atom. The highest BCUT2D eigenvalue weighted by Crippen LogP contribution is 2.18. The lowest BCUT2D eigenvalue weighted by Gasteiger charge is -2.13. The predicted octanol–water partition coefficient (Wildman–Crippen LogP) is 2.58. The van der Waals surface area contributed by atoms with Gasteiger partial charge in [0.15, 0.2) is 0 Å². The monoisotopic (exact) mass is 315 g/mol. The van der Waals surface area contributed by atoms with Crippen LogP contribution in [0, 0.1) is 0 Å². The highest BCUT2D eigenvalue weighted by molar-refractivity contribution is 7.09. The largest absolute Gasteiger partial charge is 0.389 e. The van der Waals surface area contributed by atoms with Gasteiger partial charge in [-0.25, -0.2) is 0 Å². The smallest absolute Gasteiger partial charge is 0.0969 e. The molecule has 3 heterocycles. The van der Waals surface area contributed by atoms with E-state index in [2.05, 4.69) is 10.1 Å². The fourth-order valence-electron chi connectivity index (χ4n) is 2.19. The summed E-state index contributed by atoms with van der Waals surface area (Å²) in [7, 11) is 0. The van der Waals surface area contributed by atoms with Crippen LogP contribution in [-0.2, 0) is 17.9 Å². The lowest BCUT2D eigenvalue weighted by molar-refractivity contribution is 0.0199. The van der Waals surface area contributed by atoms with Gasteiger partial charge in [-0.1, -0.05) is 6.07 Å². The average Bonchev–Trinajstić information content (AvgIpc) is 3.20. The van der Waals surface area contributed by atoms with Crippen molar-refractivity contribution in [2.75, 3.05) is 6.61 Å². The molecule has 3 aromatic heterocycles. The minimum atomic E-state index is -0.597. The van der Waals surface area contributed by atoms with Gasteiger partial charge in [-0.05, 0) is 29.6 Å². The van der Waals surface area contributed by atoms with E-state index in [0.717, 1.165) is 16.1 Å². The first-order valence-corrected chi connectivity index (χ1v) is 7.91. The molecule has 22 heavy (non-hydrogen) atoms. The molecule has 114 valence electrons. The Kier molecular flexibility index (Phi) is 4.95. The molecule has 0 amide bonds. The summed E-state index contributed by atoms with van der Waals surface area (Å²) in [6, 6.07) is 9.78. The van der Waals surface area contributed by atoms with E-state index in [0.29, 0.717) is 13.2 Å². The normalized spacial score (nSPS) is 12.4. The van der Waals surface area contributed by atoms with Gasteiger partial charge >= 0.3 is 0 Å². The first-order chi connectivity index (χ1) is 10.8. The van der Waals surface area contributed by atoms with E-state index in [-0.39, 0.29) is 6.61 Å². The highest BCUT2D eigenvalue weighted by Gasteiger charge is 2.11. The second-order valence-corrected chi connectivity index (χ2v) is 5.92. The summed E-state index contributed by atoms with van der Waals surface area (Å²) >= 11 is 1.65.